The summed E-state index contributed by atoms with van der Waals surface area (Å²) in [6.07, 6.45) is 0.563. The topological polar surface area (TPSA) is 26.3 Å². The minimum atomic E-state index is 0.125. The van der Waals surface area contributed by atoms with Gasteiger partial charge in [-0.25, -0.2) is 0 Å². The molecule has 1 aromatic rings. The molecular formula is C12H15ClO2. The van der Waals surface area contributed by atoms with E-state index in [4.69, 9.17) is 16.3 Å². The third-order valence-electron chi connectivity index (χ3n) is 1.85. The van der Waals surface area contributed by atoms with Gasteiger partial charge in [0.2, 0.25) is 0 Å². The molecule has 0 atom stereocenters. The molecule has 0 fully saturated rings. The fourth-order valence-corrected chi connectivity index (χ4v) is 1.33. The summed E-state index contributed by atoms with van der Waals surface area (Å²) < 4.78 is 5.32. The predicted octanol–water partition coefficient (Wildman–Crippen LogP) is 3.33. The Bertz CT molecular complexity index is 317. The minimum absolute atomic E-state index is 0.125. The standard InChI is InChI=1S/C12H15ClO2/c1-9(2)7-11(14)8-15-12-5-3-10(13)4-6-12/h3-6,9H,7-8H2,1-2H3. The number of hydrogen-bond acceptors (Lipinski definition) is 2. The fraction of sp³-hybridized carbons (Fsp3) is 0.417. The number of halogens is 1. The van der Waals surface area contributed by atoms with E-state index in [1.807, 2.05) is 13.8 Å². The molecule has 0 N–H and O–H groups in total. The molecule has 0 radical (unpaired) electrons. The van der Waals surface area contributed by atoms with Gasteiger partial charge in [-0.1, -0.05) is 25.4 Å². The van der Waals surface area contributed by atoms with Crippen molar-refractivity contribution in [3.8, 4) is 5.75 Å². The largest absolute Gasteiger partial charge is 0.486 e. The molecule has 0 aliphatic carbocycles. The smallest absolute Gasteiger partial charge is 0.170 e. The van der Waals surface area contributed by atoms with E-state index in [9.17, 15) is 4.79 Å². The maximum absolute atomic E-state index is 11.3. The molecule has 15 heavy (non-hydrogen) atoms. The van der Waals surface area contributed by atoms with Crippen molar-refractivity contribution in [2.75, 3.05) is 6.61 Å². The second kappa shape index (κ2) is 5.76. The van der Waals surface area contributed by atoms with Crippen molar-refractivity contribution >= 4 is 17.4 Å². The highest BCUT2D eigenvalue weighted by molar-refractivity contribution is 6.30. The lowest BCUT2D eigenvalue weighted by atomic mass is 10.1. The van der Waals surface area contributed by atoms with E-state index in [0.29, 0.717) is 23.1 Å². The van der Waals surface area contributed by atoms with E-state index in [2.05, 4.69) is 0 Å². The van der Waals surface area contributed by atoms with Gasteiger partial charge in [-0.15, -0.1) is 0 Å². The molecule has 0 saturated heterocycles. The molecule has 0 amide bonds. The van der Waals surface area contributed by atoms with Crippen LogP contribution in [0.4, 0.5) is 0 Å². The minimum Gasteiger partial charge on any atom is -0.486 e. The number of ether oxygens (including phenoxy) is 1. The van der Waals surface area contributed by atoms with Crippen LogP contribution in [-0.2, 0) is 4.79 Å². The first kappa shape index (κ1) is 12.1. The Kier molecular flexibility index (Phi) is 4.63. The number of carbonyl (C=O) groups excluding carboxylic acids is 1. The molecule has 2 nitrogen and oxygen atoms in total. The molecule has 0 spiro atoms. The number of ketones is 1. The second-order valence-corrected chi connectivity index (χ2v) is 4.32. The zero-order chi connectivity index (χ0) is 11.3. The summed E-state index contributed by atoms with van der Waals surface area (Å²) in [6, 6.07) is 6.99. The first-order valence-corrected chi connectivity index (χ1v) is 5.36. The van der Waals surface area contributed by atoms with Crippen LogP contribution in [0.5, 0.6) is 5.75 Å². The maximum Gasteiger partial charge on any atom is 0.170 e. The van der Waals surface area contributed by atoms with Crippen molar-refractivity contribution in [2.45, 2.75) is 20.3 Å². The monoisotopic (exact) mass is 226 g/mol. The maximum atomic E-state index is 11.3. The molecule has 0 heterocycles. The fourth-order valence-electron chi connectivity index (χ4n) is 1.21. The lowest BCUT2D eigenvalue weighted by Gasteiger charge is -2.06. The van der Waals surface area contributed by atoms with Crippen LogP contribution in [0.25, 0.3) is 0 Å². The summed E-state index contributed by atoms with van der Waals surface area (Å²) in [5, 5.41) is 0.663. The van der Waals surface area contributed by atoms with Crippen LogP contribution in [0.3, 0.4) is 0 Å². The van der Waals surface area contributed by atoms with Crippen LogP contribution in [0.15, 0.2) is 24.3 Å². The average Bonchev–Trinajstić information content (AvgIpc) is 2.16. The Hall–Kier alpha value is -1.02. The zero-order valence-corrected chi connectivity index (χ0v) is 9.75. The molecule has 0 bridgehead atoms. The molecular weight excluding hydrogens is 212 g/mol. The Labute approximate surface area is 95.2 Å². The van der Waals surface area contributed by atoms with Crippen LogP contribution < -0.4 is 4.74 Å². The Morgan fingerprint density at radius 1 is 1.33 bits per heavy atom. The number of Topliss-reactive ketones (excluding diaryl/α,β-unsaturated/α-hetero) is 1. The Morgan fingerprint density at radius 3 is 2.47 bits per heavy atom. The van der Waals surface area contributed by atoms with E-state index in [0.717, 1.165) is 0 Å². The lowest BCUT2D eigenvalue weighted by Crippen LogP contribution is -2.13. The van der Waals surface area contributed by atoms with Gasteiger partial charge in [0, 0.05) is 11.4 Å². The first-order chi connectivity index (χ1) is 7.08. The van der Waals surface area contributed by atoms with Crippen LogP contribution in [-0.4, -0.2) is 12.4 Å². The molecule has 1 aromatic carbocycles. The van der Waals surface area contributed by atoms with E-state index in [-0.39, 0.29) is 12.4 Å². The SMILES string of the molecule is CC(C)CC(=O)COc1ccc(Cl)cc1. The van der Waals surface area contributed by atoms with E-state index in [1.54, 1.807) is 24.3 Å². The third-order valence-corrected chi connectivity index (χ3v) is 2.10. The van der Waals surface area contributed by atoms with Gasteiger partial charge in [-0.3, -0.25) is 4.79 Å². The van der Waals surface area contributed by atoms with Crippen LogP contribution >= 0.6 is 11.6 Å². The summed E-state index contributed by atoms with van der Waals surface area (Å²) >= 11 is 5.72. The van der Waals surface area contributed by atoms with E-state index >= 15 is 0 Å². The number of carbonyl (C=O) groups is 1. The molecule has 0 aromatic heterocycles. The lowest BCUT2D eigenvalue weighted by molar-refractivity contribution is -0.121. The van der Waals surface area contributed by atoms with Crippen molar-refractivity contribution in [3.05, 3.63) is 29.3 Å². The highest BCUT2D eigenvalue weighted by Gasteiger charge is 2.05. The Morgan fingerprint density at radius 2 is 1.93 bits per heavy atom. The average molecular weight is 227 g/mol. The van der Waals surface area contributed by atoms with Gasteiger partial charge in [-0.05, 0) is 30.2 Å². The first-order valence-electron chi connectivity index (χ1n) is 4.98. The molecule has 0 aliphatic rings. The van der Waals surface area contributed by atoms with Crippen molar-refractivity contribution in [2.24, 2.45) is 5.92 Å². The van der Waals surface area contributed by atoms with Crippen molar-refractivity contribution in [3.63, 3.8) is 0 Å². The normalized spacial score (nSPS) is 10.4. The molecule has 0 unspecified atom stereocenters. The quantitative estimate of drug-likeness (QED) is 0.770. The van der Waals surface area contributed by atoms with Gasteiger partial charge in [0.1, 0.15) is 12.4 Å². The molecule has 82 valence electrons. The van der Waals surface area contributed by atoms with Crippen LogP contribution in [0.1, 0.15) is 20.3 Å². The number of benzene rings is 1. The van der Waals surface area contributed by atoms with Crippen molar-refractivity contribution < 1.29 is 9.53 Å². The van der Waals surface area contributed by atoms with Crippen LogP contribution in [0.2, 0.25) is 5.02 Å². The highest BCUT2D eigenvalue weighted by atomic mass is 35.5. The summed E-state index contributed by atoms with van der Waals surface area (Å²) in [4.78, 5) is 11.3. The summed E-state index contributed by atoms with van der Waals surface area (Å²) in [6.45, 7) is 4.17. The van der Waals surface area contributed by atoms with Gasteiger partial charge in [-0.2, -0.15) is 0 Å². The van der Waals surface area contributed by atoms with Crippen molar-refractivity contribution in [1.82, 2.24) is 0 Å². The highest BCUT2D eigenvalue weighted by Crippen LogP contribution is 2.15. The molecule has 3 heteroatoms. The summed E-state index contributed by atoms with van der Waals surface area (Å²) in [5.41, 5.74) is 0. The third kappa shape index (κ3) is 4.84. The van der Waals surface area contributed by atoms with E-state index < -0.39 is 0 Å². The van der Waals surface area contributed by atoms with Gasteiger partial charge in [0.15, 0.2) is 5.78 Å². The van der Waals surface area contributed by atoms with E-state index in [1.165, 1.54) is 0 Å². The van der Waals surface area contributed by atoms with Gasteiger partial charge < -0.3 is 4.74 Å². The second-order valence-electron chi connectivity index (χ2n) is 3.88. The van der Waals surface area contributed by atoms with Gasteiger partial charge >= 0.3 is 0 Å². The van der Waals surface area contributed by atoms with Crippen molar-refractivity contribution in [1.29, 1.82) is 0 Å². The predicted molar refractivity (Wildman–Crippen MR) is 61.4 cm³/mol. The molecule has 0 aliphatic heterocycles. The number of rotatable bonds is 5. The van der Waals surface area contributed by atoms with Gasteiger partial charge in [0.25, 0.3) is 0 Å². The van der Waals surface area contributed by atoms with Crippen LogP contribution in [0, 0.1) is 5.92 Å². The Balaban J connectivity index is 2.37. The number of hydrogen-bond donors (Lipinski definition) is 0. The van der Waals surface area contributed by atoms with Gasteiger partial charge in [0.05, 0.1) is 0 Å². The molecule has 1 rings (SSSR count). The zero-order valence-electron chi connectivity index (χ0n) is 9.00. The summed E-state index contributed by atoms with van der Waals surface area (Å²) in [5.74, 6) is 1.18. The molecule has 0 saturated carbocycles. The summed E-state index contributed by atoms with van der Waals surface area (Å²) in [7, 11) is 0.